The molecule has 0 fully saturated rings. The molecule has 14 heavy (non-hydrogen) atoms. The summed E-state index contributed by atoms with van der Waals surface area (Å²) in [5.74, 6) is -0.634. The van der Waals surface area contributed by atoms with Crippen LogP contribution in [0.2, 0.25) is 0 Å². The van der Waals surface area contributed by atoms with Crippen LogP contribution < -0.4 is 0 Å². The molecule has 1 heterocycles. The van der Waals surface area contributed by atoms with E-state index in [1.165, 1.54) is 12.1 Å². The highest BCUT2D eigenvalue weighted by atomic mass is 32.3. The van der Waals surface area contributed by atoms with Crippen LogP contribution in [0.1, 0.15) is 4.88 Å². The number of hydrogen-bond acceptors (Lipinski definition) is 5. The largest absolute Gasteiger partial charge is 0.324 e. The summed E-state index contributed by atoms with van der Waals surface area (Å²) in [4.78, 5) is 10.2. The van der Waals surface area contributed by atoms with Crippen molar-refractivity contribution in [2.75, 3.05) is 5.75 Å². The van der Waals surface area contributed by atoms with Gasteiger partial charge in [-0.05, 0) is 12.5 Å². The Bertz CT molecular complexity index is 438. The van der Waals surface area contributed by atoms with Gasteiger partial charge in [0.15, 0.2) is 0 Å². The lowest BCUT2D eigenvalue weighted by Gasteiger charge is -1.90. The molecule has 0 aliphatic rings. The quantitative estimate of drug-likeness (QED) is 0.453. The van der Waals surface area contributed by atoms with Gasteiger partial charge in [-0.2, -0.15) is 8.42 Å². The van der Waals surface area contributed by atoms with Gasteiger partial charge in [-0.3, -0.25) is 10.1 Å². The summed E-state index contributed by atoms with van der Waals surface area (Å²) >= 11 is 0.851. The van der Waals surface area contributed by atoms with E-state index in [4.69, 9.17) is 0 Å². The smallest absolute Gasteiger partial charge is 0.258 e. The van der Waals surface area contributed by atoms with Crippen molar-refractivity contribution in [3.63, 3.8) is 0 Å². The molecule has 0 saturated heterocycles. The van der Waals surface area contributed by atoms with E-state index in [0.29, 0.717) is 4.88 Å². The van der Waals surface area contributed by atoms with Gasteiger partial charge in [-0.1, -0.05) is 11.3 Å². The Labute approximate surface area is 83.5 Å². The van der Waals surface area contributed by atoms with Crippen LogP contribution in [0.3, 0.4) is 0 Å². The van der Waals surface area contributed by atoms with Crippen LogP contribution >= 0.6 is 11.3 Å². The number of aryl methyl sites for hydroxylation is 1. The van der Waals surface area contributed by atoms with Crippen molar-refractivity contribution < 1.29 is 17.2 Å². The van der Waals surface area contributed by atoms with Crippen LogP contribution in [0.5, 0.6) is 0 Å². The van der Waals surface area contributed by atoms with E-state index in [-0.39, 0.29) is 11.4 Å². The topological polar surface area (TPSA) is 77.3 Å². The van der Waals surface area contributed by atoms with E-state index in [9.17, 15) is 22.4 Å². The second kappa shape index (κ2) is 4.01. The number of hydrogen-bond donors (Lipinski definition) is 0. The molecule has 0 N–H and O–H groups in total. The van der Waals surface area contributed by atoms with E-state index >= 15 is 0 Å². The molecule has 78 valence electrons. The van der Waals surface area contributed by atoms with Gasteiger partial charge in [0, 0.05) is 10.9 Å². The van der Waals surface area contributed by atoms with Gasteiger partial charge in [0.25, 0.3) is 0 Å². The maximum absolute atomic E-state index is 12.1. The van der Waals surface area contributed by atoms with Crippen LogP contribution in [-0.2, 0) is 16.6 Å². The molecule has 5 nitrogen and oxygen atoms in total. The molecule has 1 aromatic heterocycles. The Morgan fingerprint density at radius 1 is 1.50 bits per heavy atom. The average Bonchev–Trinajstić information content (AvgIpc) is 2.47. The minimum atomic E-state index is -4.50. The molecule has 0 radical (unpaired) electrons. The Morgan fingerprint density at radius 2 is 2.14 bits per heavy atom. The normalized spacial score (nSPS) is 11.5. The number of nitrogens with zero attached hydrogens (tertiary/aromatic N) is 1. The third-order valence-corrected chi connectivity index (χ3v) is 3.21. The predicted octanol–water partition coefficient (Wildman–Crippen LogP) is 1.50. The van der Waals surface area contributed by atoms with E-state index in [2.05, 4.69) is 0 Å². The van der Waals surface area contributed by atoms with Crippen LogP contribution in [0.4, 0.5) is 8.89 Å². The van der Waals surface area contributed by atoms with Crippen LogP contribution in [0, 0.1) is 10.1 Å². The number of rotatable bonds is 4. The Balaban J connectivity index is 2.65. The van der Waals surface area contributed by atoms with Crippen LogP contribution in [0.25, 0.3) is 0 Å². The highest BCUT2D eigenvalue weighted by Crippen LogP contribution is 2.24. The lowest BCUT2D eigenvalue weighted by Crippen LogP contribution is -2.00. The Hall–Kier alpha value is -1.02. The lowest BCUT2D eigenvalue weighted by molar-refractivity contribution is -0.380. The first-order chi connectivity index (χ1) is 6.38. The van der Waals surface area contributed by atoms with E-state index < -0.39 is 20.9 Å². The number of nitro groups is 1. The first-order valence-electron chi connectivity index (χ1n) is 3.54. The predicted molar refractivity (Wildman–Crippen MR) is 49.6 cm³/mol. The average molecular weight is 239 g/mol. The van der Waals surface area contributed by atoms with Gasteiger partial charge in [0.1, 0.15) is 0 Å². The van der Waals surface area contributed by atoms with Gasteiger partial charge in [0.2, 0.25) is 0 Å². The maximum Gasteiger partial charge on any atom is 0.324 e. The molecule has 0 atom stereocenters. The molecule has 0 amide bonds. The summed E-state index contributed by atoms with van der Waals surface area (Å²) < 4.78 is 32.4. The molecule has 0 aliphatic heterocycles. The van der Waals surface area contributed by atoms with E-state index in [0.717, 1.165) is 11.3 Å². The van der Waals surface area contributed by atoms with Gasteiger partial charge >= 0.3 is 15.2 Å². The molecule has 1 aromatic rings. The maximum atomic E-state index is 12.1. The molecule has 0 spiro atoms. The van der Waals surface area contributed by atoms with Crippen LogP contribution in [-0.4, -0.2) is 19.1 Å². The first kappa shape index (κ1) is 11.1. The summed E-state index contributed by atoms with van der Waals surface area (Å²) in [5, 5.41) is 10.2. The number of halogens is 1. The zero-order chi connectivity index (χ0) is 10.8. The first-order valence-corrected chi connectivity index (χ1v) is 5.91. The van der Waals surface area contributed by atoms with E-state index in [1.54, 1.807) is 0 Å². The van der Waals surface area contributed by atoms with Crippen molar-refractivity contribution in [3.8, 4) is 0 Å². The highest BCUT2D eigenvalue weighted by molar-refractivity contribution is 7.86. The molecule has 0 aliphatic carbocycles. The lowest BCUT2D eigenvalue weighted by atomic mass is 10.4. The molecule has 0 unspecified atom stereocenters. The van der Waals surface area contributed by atoms with Gasteiger partial charge in [-0.15, -0.1) is 3.89 Å². The van der Waals surface area contributed by atoms with Gasteiger partial charge in [0.05, 0.1) is 10.7 Å². The van der Waals surface area contributed by atoms with Crippen LogP contribution in [0.15, 0.2) is 12.1 Å². The van der Waals surface area contributed by atoms with E-state index in [1.807, 2.05) is 0 Å². The summed E-state index contributed by atoms with van der Waals surface area (Å²) in [7, 11) is -4.50. The fourth-order valence-corrected chi connectivity index (χ4v) is 2.23. The molecular formula is C6H6FNO4S2. The van der Waals surface area contributed by atoms with Gasteiger partial charge in [-0.25, -0.2) is 0 Å². The fraction of sp³-hybridized carbons (Fsp3) is 0.333. The molecule has 0 aromatic carbocycles. The summed E-state index contributed by atoms with van der Waals surface area (Å²) in [6.07, 6.45) is -0.0304. The standard InChI is InChI=1S/C6H6FNO4S2/c7-14(11,12)4-3-5-1-2-6(13-5)8(9)10/h1-2H,3-4H2. The molecule has 8 heteroatoms. The fourth-order valence-electron chi connectivity index (χ4n) is 0.822. The van der Waals surface area contributed by atoms with Crippen molar-refractivity contribution in [1.29, 1.82) is 0 Å². The second-order valence-corrected chi connectivity index (χ2v) is 5.12. The summed E-state index contributed by atoms with van der Waals surface area (Å²) in [6.45, 7) is 0. The zero-order valence-corrected chi connectivity index (χ0v) is 8.48. The van der Waals surface area contributed by atoms with Crippen molar-refractivity contribution in [1.82, 2.24) is 0 Å². The van der Waals surface area contributed by atoms with Crippen molar-refractivity contribution >= 4 is 26.6 Å². The number of thiophene rings is 1. The monoisotopic (exact) mass is 239 g/mol. The second-order valence-electron chi connectivity index (χ2n) is 2.49. The summed E-state index contributed by atoms with van der Waals surface area (Å²) in [6, 6.07) is 2.69. The molecular weight excluding hydrogens is 233 g/mol. The van der Waals surface area contributed by atoms with Crippen molar-refractivity contribution in [3.05, 3.63) is 27.1 Å². The van der Waals surface area contributed by atoms with Gasteiger partial charge < -0.3 is 0 Å². The van der Waals surface area contributed by atoms with Crippen molar-refractivity contribution in [2.24, 2.45) is 0 Å². The minimum absolute atomic E-state index is 0.0304. The third kappa shape index (κ3) is 3.38. The molecule has 0 saturated carbocycles. The highest BCUT2D eigenvalue weighted by Gasteiger charge is 2.12. The van der Waals surface area contributed by atoms with Crippen molar-refractivity contribution in [2.45, 2.75) is 6.42 Å². The SMILES string of the molecule is O=[N+]([O-])c1ccc(CCS(=O)(=O)F)s1. The summed E-state index contributed by atoms with van der Waals surface area (Å²) in [5.41, 5.74) is 0. The minimum Gasteiger partial charge on any atom is -0.258 e. The zero-order valence-electron chi connectivity index (χ0n) is 6.84. The molecule has 1 rings (SSSR count). The molecule has 0 bridgehead atoms. The Morgan fingerprint density at radius 3 is 2.57 bits per heavy atom. The Kier molecular flexibility index (Phi) is 3.17. The third-order valence-electron chi connectivity index (χ3n) is 1.42.